The molecule has 1 saturated carbocycles. The molecule has 1 aromatic rings. The van der Waals surface area contributed by atoms with Crippen molar-refractivity contribution < 1.29 is 19.1 Å². The Morgan fingerprint density at radius 2 is 1.15 bits per heavy atom. The number of carbonyl (C=O) groups excluding carboxylic acids is 2. The SMILES string of the molecule is O=C1Oc2ccc(c(Cl)c2Cl)OC(=O)C2CCC1CC2. The van der Waals surface area contributed by atoms with Crippen LogP contribution in [0.5, 0.6) is 11.5 Å². The van der Waals surface area contributed by atoms with Gasteiger partial charge in [0.2, 0.25) is 0 Å². The highest BCUT2D eigenvalue weighted by Gasteiger charge is 2.33. The van der Waals surface area contributed by atoms with Crippen LogP contribution in [0.2, 0.25) is 10.0 Å². The molecular formula is C14H12Cl2O4. The largest absolute Gasteiger partial charge is 0.425 e. The van der Waals surface area contributed by atoms with Gasteiger partial charge in [-0.25, -0.2) is 0 Å². The first kappa shape index (κ1) is 13.7. The van der Waals surface area contributed by atoms with Gasteiger partial charge >= 0.3 is 11.9 Å². The topological polar surface area (TPSA) is 52.6 Å². The van der Waals surface area contributed by atoms with E-state index in [4.69, 9.17) is 32.7 Å². The number of carbonyl (C=O) groups is 2. The van der Waals surface area contributed by atoms with Crippen LogP contribution in [0, 0.1) is 11.8 Å². The number of hydrogen-bond donors (Lipinski definition) is 0. The van der Waals surface area contributed by atoms with Crippen molar-refractivity contribution in [3.05, 3.63) is 22.2 Å². The van der Waals surface area contributed by atoms with Crippen molar-refractivity contribution >= 4 is 35.1 Å². The third-order valence-corrected chi connectivity index (χ3v) is 4.67. The molecule has 5 aliphatic rings. The van der Waals surface area contributed by atoms with Crippen molar-refractivity contribution in [2.24, 2.45) is 11.8 Å². The van der Waals surface area contributed by atoms with Gasteiger partial charge in [-0.1, -0.05) is 23.2 Å². The highest BCUT2D eigenvalue weighted by Crippen LogP contribution is 2.41. The summed E-state index contributed by atoms with van der Waals surface area (Å²) in [6.45, 7) is 0. The van der Waals surface area contributed by atoms with Gasteiger partial charge in [0.15, 0.2) is 11.5 Å². The van der Waals surface area contributed by atoms with Crippen LogP contribution < -0.4 is 9.47 Å². The summed E-state index contributed by atoms with van der Waals surface area (Å²) in [5, 5.41) is 0.170. The Balaban J connectivity index is 2.04. The summed E-state index contributed by atoms with van der Waals surface area (Å²) in [5.74, 6) is -0.638. The predicted molar refractivity (Wildman–Crippen MR) is 73.2 cm³/mol. The molecule has 4 aliphatic heterocycles. The Bertz CT molecular complexity index is 526. The number of ether oxygens (including phenoxy) is 2. The average molecular weight is 315 g/mol. The van der Waals surface area contributed by atoms with Crippen LogP contribution in [-0.4, -0.2) is 11.9 Å². The molecule has 0 unspecified atom stereocenters. The van der Waals surface area contributed by atoms with E-state index in [1.54, 1.807) is 0 Å². The van der Waals surface area contributed by atoms with Crippen LogP contribution >= 0.6 is 23.2 Å². The summed E-state index contributed by atoms with van der Waals surface area (Å²) in [6, 6.07) is 2.98. The molecule has 1 aliphatic carbocycles. The second-order valence-electron chi connectivity index (χ2n) is 5.08. The average Bonchev–Trinajstić information content (AvgIpc) is 2.45. The van der Waals surface area contributed by atoms with Crippen LogP contribution in [0.3, 0.4) is 0 Å². The molecule has 1 aromatic carbocycles. The minimum atomic E-state index is -0.317. The zero-order valence-electron chi connectivity index (χ0n) is 10.5. The normalized spacial score (nSPS) is 25.7. The molecular weight excluding hydrogens is 303 g/mol. The summed E-state index contributed by atoms with van der Waals surface area (Å²) in [5.41, 5.74) is 0. The minimum absolute atomic E-state index is 0.0850. The Hall–Kier alpha value is -1.26. The zero-order valence-corrected chi connectivity index (χ0v) is 12.0. The molecule has 4 heterocycles. The highest BCUT2D eigenvalue weighted by molar-refractivity contribution is 6.44. The number of halogens is 2. The number of benzene rings is 1. The fraction of sp³-hybridized carbons (Fsp3) is 0.429. The van der Waals surface area contributed by atoms with Gasteiger partial charge in [0.1, 0.15) is 10.0 Å². The van der Waals surface area contributed by atoms with Crippen LogP contribution in [0.25, 0.3) is 0 Å². The maximum Gasteiger partial charge on any atom is 0.314 e. The van der Waals surface area contributed by atoms with Gasteiger partial charge in [0, 0.05) is 0 Å². The first-order valence-corrected chi connectivity index (χ1v) is 7.23. The second kappa shape index (κ2) is 5.26. The summed E-state index contributed by atoms with van der Waals surface area (Å²) in [7, 11) is 0. The van der Waals surface area contributed by atoms with E-state index in [2.05, 4.69) is 0 Å². The van der Waals surface area contributed by atoms with E-state index in [0.29, 0.717) is 25.7 Å². The molecule has 0 amide bonds. The molecule has 4 bridgehead atoms. The maximum atomic E-state index is 12.1. The van der Waals surface area contributed by atoms with Crippen LogP contribution in [-0.2, 0) is 9.59 Å². The lowest BCUT2D eigenvalue weighted by Gasteiger charge is -2.27. The van der Waals surface area contributed by atoms with Gasteiger partial charge in [-0.2, -0.15) is 0 Å². The first-order chi connectivity index (χ1) is 9.56. The quantitative estimate of drug-likeness (QED) is 0.542. The van der Waals surface area contributed by atoms with Gasteiger partial charge in [-0.15, -0.1) is 0 Å². The molecule has 0 N–H and O–H groups in total. The number of esters is 2. The summed E-state index contributed by atoms with van der Waals surface area (Å²) in [6.07, 6.45) is 2.50. The fourth-order valence-electron chi connectivity index (χ4n) is 2.62. The smallest absolute Gasteiger partial charge is 0.314 e. The fourth-order valence-corrected chi connectivity index (χ4v) is 3.01. The molecule has 6 rings (SSSR count). The lowest BCUT2D eigenvalue weighted by molar-refractivity contribution is -0.145. The lowest BCUT2D eigenvalue weighted by Crippen LogP contribution is -2.31. The van der Waals surface area contributed by atoms with Gasteiger partial charge in [0.05, 0.1) is 11.8 Å². The molecule has 0 atom stereocenters. The van der Waals surface area contributed by atoms with E-state index < -0.39 is 0 Å². The Labute approximate surface area is 125 Å². The van der Waals surface area contributed by atoms with Crippen LogP contribution in [0.1, 0.15) is 25.7 Å². The number of rotatable bonds is 0. The maximum absolute atomic E-state index is 12.1. The molecule has 0 aromatic heterocycles. The molecule has 1 fully saturated rings. The van der Waals surface area contributed by atoms with Gasteiger partial charge < -0.3 is 9.47 Å². The molecule has 20 heavy (non-hydrogen) atoms. The summed E-state index contributed by atoms with van der Waals surface area (Å²) >= 11 is 12.1. The van der Waals surface area contributed by atoms with Crippen LogP contribution in [0.15, 0.2) is 12.1 Å². The lowest BCUT2D eigenvalue weighted by atomic mass is 9.82. The number of hydrogen-bond acceptors (Lipinski definition) is 4. The second-order valence-corrected chi connectivity index (χ2v) is 5.84. The monoisotopic (exact) mass is 314 g/mol. The minimum Gasteiger partial charge on any atom is -0.425 e. The van der Waals surface area contributed by atoms with E-state index in [1.165, 1.54) is 12.1 Å². The molecule has 0 radical (unpaired) electrons. The third-order valence-electron chi connectivity index (χ3n) is 3.83. The van der Waals surface area contributed by atoms with Crippen LogP contribution in [0.4, 0.5) is 0 Å². The summed E-state index contributed by atoms with van der Waals surface area (Å²) < 4.78 is 10.6. The van der Waals surface area contributed by atoms with E-state index >= 15 is 0 Å². The van der Waals surface area contributed by atoms with Crippen molar-refractivity contribution in [1.29, 1.82) is 0 Å². The van der Waals surface area contributed by atoms with E-state index in [-0.39, 0.29) is 45.3 Å². The molecule has 0 saturated heterocycles. The molecule has 6 heteroatoms. The Morgan fingerprint density at radius 3 is 1.50 bits per heavy atom. The van der Waals surface area contributed by atoms with E-state index in [0.717, 1.165) is 0 Å². The zero-order chi connectivity index (χ0) is 14.3. The molecule has 0 spiro atoms. The van der Waals surface area contributed by atoms with Crippen molar-refractivity contribution in [3.8, 4) is 11.5 Å². The van der Waals surface area contributed by atoms with Crippen molar-refractivity contribution in [3.63, 3.8) is 0 Å². The third kappa shape index (κ3) is 2.38. The predicted octanol–water partition coefficient (Wildman–Crippen LogP) is 3.62. The molecule has 4 nitrogen and oxygen atoms in total. The van der Waals surface area contributed by atoms with Crippen molar-refractivity contribution in [2.75, 3.05) is 0 Å². The van der Waals surface area contributed by atoms with Crippen molar-refractivity contribution in [2.45, 2.75) is 25.7 Å². The highest BCUT2D eigenvalue weighted by atomic mass is 35.5. The summed E-state index contributed by atoms with van der Waals surface area (Å²) in [4.78, 5) is 24.2. The Kier molecular flexibility index (Phi) is 3.61. The van der Waals surface area contributed by atoms with E-state index in [9.17, 15) is 9.59 Å². The Morgan fingerprint density at radius 1 is 0.800 bits per heavy atom. The first-order valence-electron chi connectivity index (χ1n) is 6.47. The van der Waals surface area contributed by atoms with Gasteiger partial charge in [0.25, 0.3) is 0 Å². The van der Waals surface area contributed by atoms with Crippen molar-refractivity contribution in [1.82, 2.24) is 0 Å². The van der Waals surface area contributed by atoms with E-state index in [1.807, 2.05) is 0 Å². The van der Waals surface area contributed by atoms with Gasteiger partial charge in [-0.3, -0.25) is 9.59 Å². The molecule has 106 valence electrons. The standard InChI is InChI=1S/C14H12Cl2O4/c15-11-9-5-6-10(12(11)16)20-14(18)8-2-1-7(3-4-8)13(17)19-9/h5-8H,1-4H2. The van der Waals surface area contributed by atoms with Gasteiger partial charge in [-0.05, 0) is 37.8 Å².